The summed E-state index contributed by atoms with van der Waals surface area (Å²) in [6.07, 6.45) is 4.83. The van der Waals surface area contributed by atoms with Gasteiger partial charge < -0.3 is 14.5 Å². The Morgan fingerprint density at radius 2 is 1.96 bits per heavy atom. The lowest BCUT2D eigenvalue weighted by Gasteiger charge is -2.28. The number of benzene rings is 1. The van der Waals surface area contributed by atoms with Gasteiger partial charge in [-0.1, -0.05) is 31.9 Å². The zero-order valence-corrected chi connectivity index (χ0v) is 14.9. The van der Waals surface area contributed by atoms with Gasteiger partial charge in [0.15, 0.2) is 0 Å². The van der Waals surface area contributed by atoms with Gasteiger partial charge in [0.25, 0.3) is 5.56 Å². The Labute approximate surface area is 150 Å². The molecular weight excluding hydrogens is 336 g/mol. The van der Waals surface area contributed by atoms with E-state index in [1.807, 2.05) is 0 Å². The third-order valence-corrected chi connectivity index (χ3v) is 4.89. The lowest BCUT2D eigenvalue weighted by molar-refractivity contribution is -0.147. The van der Waals surface area contributed by atoms with Crippen molar-refractivity contribution in [2.75, 3.05) is 13.2 Å². The van der Waals surface area contributed by atoms with Gasteiger partial charge in [-0.05, 0) is 30.9 Å². The number of carbonyl (C=O) groups excluding carboxylic acids is 1. The lowest BCUT2D eigenvalue weighted by atomic mass is 9.88. The van der Waals surface area contributed by atoms with Crippen molar-refractivity contribution in [2.24, 2.45) is 5.92 Å². The number of fused-ring (bicyclic) bond motifs is 1. The van der Waals surface area contributed by atoms with E-state index >= 15 is 0 Å². The van der Waals surface area contributed by atoms with Gasteiger partial charge in [0, 0.05) is 0 Å². The van der Waals surface area contributed by atoms with Crippen molar-refractivity contribution in [2.45, 2.75) is 45.3 Å². The van der Waals surface area contributed by atoms with Crippen LogP contribution < -0.4 is 11.2 Å². The molecule has 1 aromatic heterocycles. The fraction of sp³-hybridized carbons (Fsp3) is 0.526. The molecule has 7 heteroatoms. The average molecular weight is 360 g/mol. The quantitative estimate of drug-likeness (QED) is 0.627. The lowest BCUT2D eigenvalue weighted by Crippen LogP contribution is -2.38. The number of nitrogens with zero attached hydrogens (tertiary/aromatic N) is 1. The number of esters is 1. The second-order valence-electron chi connectivity index (χ2n) is 6.76. The highest BCUT2D eigenvalue weighted by Gasteiger charge is 2.21. The van der Waals surface area contributed by atoms with E-state index in [9.17, 15) is 14.4 Å². The van der Waals surface area contributed by atoms with Crippen LogP contribution in [0.15, 0.2) is 33.9 Å². The minimum atomic E-state index is -0.631. The molecule has 0 spiro atoms. The molecule has 1 aliphatic rings. The Kier molecular flexibility index (Phi) is 5.88. The Morgan fingerprint density at radius 1 is 1.19 bits per heavy atom. The molecule has 1 N–H and O–H groups in total. The summed E-state index contributed by atoms with van der Waals surface area (Å²) >= 11 is 0. The van der Waals surface area contributed by atoms with Crippen LogP contribution in [-0.4, -0.2) is 34.8 Å². The minimum absolute atomic E-state index is 0.113. The number of rotatable bonds is 6. The number of ether oxygens (including phenoxy) is 2. The summed E-state index contributed by atoms with van der Waals surface area (Å²) in [5.41, 5.74) is -0.686. The van der Waals surface area contributed by atoms with Crippen molar-refractivity contribution >= 4 is 16.9 Å². The summed E-state index contributed by atoms with van der Waals surface area (Å²) in [5, 5.41) is 0.356. The first-order valence-corrected chi connectivity index (χ1v) is 9.05. The Morgan fingerprint density at radius 3 is 2.77 bits per heavy atom. The van der Waals surface area contributed by atoms with E-state index < -0.39 is 23.8 Å². The number of aromatic nitrogens is 2. The standard InChI is InChI=1S/C19H24N2O5/c1-13-6-2-5-9-16(13)25-10-11-26-17(22)12-21-18(23)14-7-3-4-8-15(14)20-19(21)24/h3-4,7-8,13,16H,2,5-6,9-12H2,1H3,(H,20,24). The SMILES string of the molecule is CC1CCCCC1OCCOC(=O)Cn1c(=O)[nH]c2ccccc2c1=O. The molecule has 0 bridgehead atoms. The van der Waals surface area contributed by atoms with Crippen LogP contribution in [0.1, 0.15) is 32.6 Å². The molecule has 2 unspecified atom stereocenters. The molecular formula is C19H24N2O5. The third-order valence-electron chi connectivity index (χ3n) is 4.89. The van der Waals surface area contributed by atoms with Gasteiger partial charge in [-0.15, -0.1) is 0 Å². The maximum atomic E-state index is 12.4. The number of H-pyrrole nitrogens is 1. The van der Waals surface area contributed by atoms with Crippen molar-refractivity contribution in [3.63, 3.8) is 0 Å². The Balaban J connectivity index is 1.54. The summed E-state index contributed by atoms with van der Waals surface area (Å²) in [4.78, 5) is 39.0. The van der Waals surface area contributed by atoms with Gasteiger partial charge in [0.1, 0.15) is 13.2 Å². The number of para-hydroxylation sites is 1. The first-order chi connectivity index (χ1) is 12.6. The van der Waals surface area contributed by atoms with Crippen LogP contribution in [-0.2, 0) is 20.8 Å². The average Bonchev–Trinajstić information content (AvgIpc) is 2.63. The Bertz CT molecular complexity index is 885. The summed E-state index contributed by atoms with van der Waals surface area (Å²) < 4.78 is 11.8. The number of hydrogen-bond acceptors (Lipinski definition) is 5. The number of nitrogens with one attached hydrogen (secondary N) is 1. The zero-order chi connectivity index (χ0) is 18.5. The van der Waals surface area contributed by atoms with E-state index in [-0.39, 0.29) is 12.7 Å². The second kappa shape index (κ2) is 8.31. The van der Waals surface area contributed by atoms with Crippen LogP contribution in [0.5, 0.6) is 0 Å². The first kappa shape index (κ1) is 18.4. The van der Waals surface area contributed by atoms with E-state index in [1.165, 1.54) is 12.8 Å². The molecule has 1 aliphatic carbocycles. The van der Waals surface area contributed by atoms with Crippen molar-refractivity contribution < 1.29 is 14.3 Å². The van der Waals surface area contributed by atoms with E-state index in [0.29, 0.717) is 23.4 Å². The van der Waals surface area contributed by atoms with Crippen molar-refractivity contribution in [1.82, 2.24) is 9.55 Å². The summed E-state index contributed by atoms with van der Waals surface area (Å²) in [5.74, 6) is -0.109. The molecule has 7 nitrogen and oxygen atoms in total. The van der Waals surface area contributed by atoms with Crippen molar-refractivity contribution in [1.29, 1.82) is 0 Å². The molecule has 140 valence electrons. The number of aromatic amines is 1. The monoisotopic (exact) mass is 360 g/mol. The molecule has 1 aromatic carbocycles. The molecule has 2 atom stereocenters. The molecule has 2 aromatic rings. The zero-order valence-electron chi connectivity index (χ0n) is 14.9. The predicted molar refractivity (Wildman–Crippen MR) is 97.2 cm³/mol. The van der Waals surface area contributed by atoms with E-state index in [1.54, 1.807) is 24.3 Å². The van der Waals surface area contributed by atoms with E-state index in [4.69, 9.17) is 9.47 Å². The summed E-state index contributed by atoms with van der Waals surface area (Å²) in [6.45, 7) is 2.19. The highest BCUT2D eigenvalue weighted by atomic mass is 16.6. The third kappa shape index (κ3) is 4.22. The van der Waals surface area contributed by atoms with Crippen molar-refractivity contribution in [3.8, 4) is 0 Å². The van der Waals surface area contributed by atoms with Gasteiger partial charge in [-0.2, -0.15) is 0 Å². The highest BCUT2D eigenvalue weighted by Crippen LogP contribution is 2.26. The maximum absolute atomic E-state index is 12.4. The van der Waals surface area contributed by atoms with Gasteiger partial charge in [-0.3, -0.25) is 9.59 Å². The van der Waals surface area contributed by atoms with Crippen LogP contribution in [0.4, 0.5) is 0 Å². The topological polar surface area (TPSA) is 90.4 Å². The smallest absolute Gasteiger partial charge is 0.329 e. The van der Waals surface area contributed by atoms with Crippen LogP contribution in [0.2, 0.25) is 0 Å². The molecule has 1 saturated carbocycles. The number of hydrogen-bond donors (Lipinski definition) is 1. The normalized spacial score (nSPS) is 20.2. The summed E-state index contributed by atoms with van der Waals surface area (Å²) in [6, 6.07) is 6.68. The maximum Gasteiger partial charge on any atom is 0.329 e. The van der Waals surface area contributed by atoms with Gasteiger partial charge in [-0.25, -0.2) is 9.36 Å². The second-order valence-corrected chi connectivity index (χ2v) is 6.76. The Hall–Kier alpha value is -2.41. The highest BCUT2D eigenvalue weighted by molar-refractivity contribution is 5.77. The van der Waals surface area contributed by atoms with Crippen LogP contribution in [0.3, 0.4) is 0 Å². The predicted octanol–water partition coefficient (Wildman–Crippen LogP) is 1.83. The molecule has 0 aliphatic heterocycles. The fourth-order valence-corrected chi connectivity index (χ4v) is 3.40. The van der Waals surface area contributed by atoms with Crippen LogP contribution >= 0.6 is 0 Å². The minimum Gasteiger partial charge on any atom is -0.462 e. The van der Waals surface area contributed by atoms with E-state index in [2.05, 4.69) is 11.9 Å². The largest absolute Gasteiger partial charge is 0.462 e. The fourth-order valence-electron chi connectivity index (χ4n) is 3.40. The summed E-state index contributed by atoms with van der Waals surface area (Å²) in [7, 11) is 0. The molecule has 1 heterocycles. The molecule has 0 radical (unpaired) electrons. The molecule has 3 rings (SSSR count). The molecule has 0 saturated heterocycles. The van der Waals surface area contributed by atoms with E-state index in [0.717, 1.165) is 17.4 Å². The van der Waals surface area contributed by atoms with Crippen LogP contribution in [0.25, 0.3) is 10.9 Å². The first-order valence-electron chi connectivity index (χ1n) is 9.05. The van der Waals surface area contributed by atoms with Gasteiger partial charge in [0.05, 0.1) is 23.6 Å². The number of carbonyl (C=O) groups is 1. The van der Waals surface area contributed by atoms with Gasteiger partial charge in [0.2, 0.25) is 0 Å². The van der Waals surface area contributed by atoms with Gasteiger partial charge >= 0.3 is 11.7 Å². The van der Waals surface area contributed by atoms with Crippen molar-refractivity contribution in [3.05, 3.63) is 45.1 Å². The molecule has 26 heavy (non-hydrogen) atoms. The molecule has 1 fully saturated rings. The van der Waals surface area contributed by atoms with Crippen LogP contribution in [0, 0.1) is 5.92 Å². The molecule has 0 amide bonds.